The van der Waals surface area contributed by atoms with E-state index in [1.54, 1.807) is 11.3 Å². The number of hydrogen-bond acceptors (Lipinski definition) is 6. The van der Waals surface area contributed by atoms with Gasteiger partial charge in [0.2, 0.25) is 0 Å². The zero-order valence-electron chi connectivity index (χ0n) is 11.2. The average molecular weight is 293 g/mol. The fourth-order valence-electron chi connectivity index (χ4n) is 1.62. The fourth-order valence-corrected chi connectivity index (χ4v) is 2.69. The first kappa shape index (κ1) is 13.8. The average Bonchev–Trinajstić information content (AvgIpc) is 2.63. The molecule has 0 spiro atoms. The van der Waals surface area contributed by atoms with E-state index in [4.69, 9.17) is 18.0 Å². The Morgan fingerprint density at radius 3 is 2.37 bits per heavy atom. The van der Waals surface area contributed by atoms with Gasteiger partial charge in [-0.1, -0.05) is 12.2 Å². The van der Waals surface area contributed by atoms with E-state index >= 15 is 0 Å². The van der Waals surface area contributed by atoms with Crippen LogP contribution >= 0.6 is 23.6 Å². The summed E-state index contributed by atoms with van der Waals surface area (Å²) in [5.74, 6) is 0.560. The predicted octanol–water partition coefficient (Wildman–Crippen LogP) is 2.54. The highest BCUT2D eigenvalue weighted by atomic mass is 32.1. The molecule has 2 rings (SSSR count). The largest absolute Gasteiger partial charge is 0.389 e. The van der Waals surface area contributed by atoms with E-state index in [0.29, 0.717) is 10.8 Å². The lowest BCUT2D eigenvalue weighted by Crippen LogP contribution is -2.16. The standard InChI is InChI=1S/C12H15N5S2/c1-5-6(2)16-17-11(9(5)10(13)18)15-12-14-7(3)8(4)19-12/h1-4H3,(H2,13,18)(H,14,15,17). The van der Waals surface area contributed by atoms with E-state index in [1.165, 1.54) is 0 Å². The summed E-state index contributed by atoms with van der Waals surface area (Å²) in [7, 11) is 0. The summed E-state index contributed by atoms with van der Waals surface area (Å²) in [6.07, 6.45) is 0. The molecule has 2 aromatic heterocycles. The zero-order valence-corrected chi connectivity index (χ0v) is 12.9. The lowest BCUT2D eigenvalue weighted by molar-refractivity contribution is 0.962. The molecule has 0 bridgehead atoms. The van der Waals surface area contributed by atoms with Gasteiger partial charge in [0.15, 0.2) is 10.9 Å². The zero-order chi connectivity index (χ0) is 14.2. The summed E-state index contributed by atoms with van der Waals surface area (Å²) < 4.78 is 0. The maximum absolute atomic E-state index is 5.78. The highest BCUT2D eigenvalue weighted by molar-refractivity contribution is 7.80. The summed E-state index contributed by atoms with van der Waals surface area (Å²) in [5.41, 5.74) is 9.27. The second-order valence-corrected chi connectivity index (χ2v) is 5.93. The van der Waals surface area contributed by atoms with Crippen LogP contribution in [0.5, 0.6) is 0 Å². The molecule has 5 nitrogen and oxygen atoms in total. The van der Waals surface area contributed by atoms with Crippen molar-refractivity contribution in [3.63, 3.8) is 0 Å². The van der Waals surface area contributed by atoms with E-state index in [9.17, 15) is 0 Å². The number of anilines is 2. The fraction of sp³-hybridized carbons (Fsp3) is 0.333. The maximum Gasteiger partial charge on any atom is 0.188 e. The minimum absolute atomic E-state index is 0.308. The second kappa shape index (κ2) is 5.18. The summed E-state index contributed by atoms with van der Waals surface area (Å²) in [4.78, 5) is 5.89. The number of nitrogens with one attached hydrogen (secondary N) is 1. The van der Waals surface area contributed by atoms with E-state index < -0.39 is 0 Å². The highest BCUT2D eigenvalue weighted by Crippen LogP contribution is 2.26. The molecule has 0 atom stereocenters. The van der Waals surface area contributed by atoms with Crippen molar-refractivity contribution in [2.45, 2.75) is 27.7 Å². The lowest BCUT2D eigenvalue weighted by Gasteiger charge is -2.11. The number of thiocarbonyl (C=S) groups is 1. The van der Waals surface area contributed by atoms with Gasteiger partial charge < -0.3 is 11.1 Å². The molecule has 0 aliphatic rings. The summed E-state index contributed by atoms with van der Waals surface area (Å²) in [5, 5.41) is 12.1. The van der Waals surface area contributed by atoms with Crippen LogP contribution in [0.25, 0.3) is 0 Å². The van der Waals surface area contributed by atoms with Crippen LogP contribution in [0.1, 0.15) is 27.4 Å². The molecule has 0 saturated heterocycles. The van der Waals surface area contributed by atoms with Crippen molar-refractivity contribution in [2.24, 2.45) is 5.73 Å². The third-order valence-electron chi connectivity index (χ3n) is 2.95. The van der Waals surface area contributed by atoms with Gasteiger partial charge in [-0.15, -0.1) is 16.4 Å². The minimum Gasteiger partial charge on any atom is -0.389 e. The number of nitrogens with zero attached hydrogens (tertiary/aromatic N) is 3. The Bertz CT molecular complexity index is 628. The SMILES string of the molecule is Cc1nc(Nc2nnc(C)c(C)c2C(N)=S)sc1C. The summed E-state index contributed by atoms with van der Waals surface area (Å²) in [6, 6.07) is 0. The molecule has 0 radical (unpaired) electrons. The number of nitrogens with two attached hydrogens (primary N) is 1. The Labute approximate surface area is 121 Å². The maximum atomic E-state index is 5.78. The molecular formula is C12H15N5S2. The monoisotopic (exact) mass is 293 g/mol. The number of aromatic nitrogens is 3. The van der Waals surface area contributed by atoms with Crippen molar-refractivity contribution >= 4 is 39.5 Å². The van der Waals surface area contributed by atoms with Gasteiger partial charge in [-0.3, -0.25) is 0 Å². The van der Waals surface area contributed by atoms with Gasteiger partial charge in [0, 0.05) is 4.88 Å². The van der Waals surface area contributed by atoms with Gasteiger partial charge in [0.05, 0.1) is 17.0 Å². The van der Waals surface area contributed by atoms with Crippen molar-refractivity contribution in [1.29, 1.82) is 0 Å². The predicted molar refractivity (Wildman–Crippen MR) is 82.3 cm³/mol. The molecule has 0 aliphatic heterocycles. The van der Waals surface area contributed by atoms with Crippen molar-refractivity contribution < 1.29 is 0 Å². The topological polar surface area (TPSA) is 76.7 Å². The van der Waals surface area contributed by atoms with E-state index in [2.05, 4.69) is 20.5 Å². The van der Waals surface area contributed by atoms with Crippen molar-refractivity contribution in [1.82, 2.24) is 15.2 Å². The first-order valence-electron chi connectivity index (χ1n) is 5.75. The molecule has 3 N–H and O–H groups in total. The molecule has 0 fully saturated rings. The van der Waals surface area contributed by atoms with Gasteiger partial charge in [0.25, 0.3) is 0 Å². The lowest BCUT2D eigenvalue weighted by atomic mass is 10.1. The number of aryl methyl sites for hydroxylation is 3. The van der Waals surface area contributed by atoms with E-state index in [-0.39, 0.29) is 0 Å². The van der Waals surface area contributed by atoms with Crippen LogP contribution in [-0.4, -0.2) is 20.2 Å². The molecule has 0 unspecified atom stereocenters. The van der Waals surface area contributed by atoms with Gasteiger partial charge in [-0.2, -0.15) is 5.10 Å². The van der Waals surface area contributed by atoms with Gasteiger partial charge in [0.1, 0.15) is 4.99 Å². The van der Waals surface area contributed by atoms with Gasteiger partial charge >= 0.3 is 0 Å². The molecule has 0 saturated carbocycles. The molecule has 0 aliphatic carbocycles. The normalized spacial score (nSPS) is 10.5. The third-order valence-corrected chi connectivity index (χ3v) is 4.15. The summed E-state index contributed by atoms with van der Waals surface area (Å²) in [6.45, 7) is 7.81. The molecule has 7 heteroatoms. The van der Waals surface area contributed by atoms with Crippen LogP contribution in [0.2, 0.25) is 0 Å². The van der Waals surface area contributed by atoms with Crippen LogP contribution < -0.4 is 11.1 Å². The Hall–Kier alpha value is -1.60. The van der Waals surface area contributed by atoms with Gasteiger partial charge in [-0.25, -0.2) is 4.98 Å². The second-order valence-electron chi connectivity index (χ2n) is 4.28. The van der Waals surface area contributed by atoms with E-state index in [1.807, 2.05) is 27.7 Å². The number of rotatable bonds is 3. The first-order chi connectivity index (χ1) is 8.90. The quantitative estimate of drug-likeness (QED) is 0.847. The number of hydrogen-bond donors (Lipinski definition) is 2. The Balaban J connectivity index is 2.45. The van der Waals surface area contributed by atoms with Crippen molar-refractivity contribution in [3.05, 3.63) is 27.4 Å². The Kier molecular flexibility index (Phi) is 3.77. The van der Waals surface area contributed by atoms with Crippen LogP contribution in [-0.2, 0) is 0 Å². The smallest absolute Gasteiger partial charge is 0.188 e. The molecule has 2 aromatic rings. The molecule has 100 valence electrons. The molecule has 0 amide bonds. The van der Waals surface area contributed by atoms with Crippen LogP contribution in [0.4, 0.5) is 10.9 Å². The number of thiazole rings is 1. The molecule has 19 heavy (non-hydrogen) atoms. The van der Waals surface area contributed by atoms with Crippen LogP contribution in [0.3, 0.4) is 0 Å². The van der Waals surface area contributed by atoms with Crippen molar-refractivity contribution in [3.8, 4) is 0 Å². The summed E-state index contributed by atoms with van der Waals surface area (Å²) >= 11 is 6.66. The van der Waals surface area contributed by atoms with E-state index in [0.717, 1.165) is 32.5 Å². The Morgan fingerprint density at radius 2 is 1.84 bits per heavy atom. The highest BCUT2D eigenvalue weighted by Gasteiger charge is 2.15. The third kappa shape index (κ3) is 2.71. The molecule has 2 heterocycles. The van der Waals surface area contributed by atoms with Crippen molar-refractivity contribution in [2.75, 3.05) is 5.32 Å². The van der Waals surface area contributed by atoms with Crippen LogP contribution in [0.15, 0.2) is 0 Å². The first-order valence-corrected chi connectivity index (χ1v) is 6.97. The molecular weight excluding hydrogens is 278 g/mol. The van der Waals surface area contributed by atoms with Gasteiger partial charge in [-0.05, 0) is 33.3 Å². The molecule has 0 aromatic carbocycles. The Morgan fingerprint density at radius 1 is 1.16 bits per heavy atom. The minimum atomic E-state index is 0.308. The van der Waals surface area contributed by atoms with Crippen LogP contribution in [0, 0.1) is 27.7 Å².